The number of unbranched alkanes of at least 4 members (excludes halogenated alkanes) is 1. The van der Waals surface area contributed by atoms with Gasteiger partial charge < -0.3 is 20.1 Å². The quantitative estimate of drug-likeness (QED) is 0.436. The Morgan fingerprint density at radius 2 is 1.74 bits per heavy atom. The highest BCUT2D eigenvalue weighted by Gasteiger charge is 2.47. The molecule has 6 heteroatoms. The van der Waals surface area contributed by atoms with E-state index in [1.807, 2.05) is 12.1 Å². The molecule has 35 heavy (non-hydrogen) atoms. The lowest BCUT2D eigenvalue weighted by Crippen LogP contribution is -2.50. The van der Waals surface area contributed by atoms with Crippen LogP contribution in [0.1, 0.15) is 81.9 Å². The van der Waals surface area contributed by atoms with Crippen LogP contribution in [0, 0.1) is 0 Å². The lowest BCUT2D eigenvalue weighted by molar-refractivity contribution is -0.163. The molecule has 188 valence electrons. The van der Waals surface area contributed by atoms with Gasteiger partial charge in [0.2, 0.25) is 11.5 Å². The predicted molar refractivity (Wildman–Crippen MR) is 138 cm³/mol. The molecule has 2 aromatic rings. The van der Waals surface area contributed by atoms with Gasteiger partial charge in [-0.25, -0.2) is 4.79 Å². The first-order valence-corrected chi connectivity index (χ1v) is 13.2. The van der Waals surface area contributed by atoms with E-state index in [9.17, 15) is 14.7 Å². The molecular formula is C29H38N2O4. The molecule has 2 aromatic carbocycles. The average molecular weight is 479 g/mol. The number of carbonyl (C=O) groups is 2. The number of nitrogens with zero attached hydrogens (tertiary/aromatic N) is 1. The minimum absolute atomic E-state index is 0.00535. The summed E-state index contributed by atoms with van der Waals surface area (Å²) in [5.74, 6) is -0.378. The number of para-hydroxylation sites is 1. The van der Waals surface area contributed by atoms with Crippen molar-refractivity contribution in [3.05, 3.63) is 59.7 Å². The fraction of sp³-hybridized carbons (Fsp3) is 0.517. The van der Waals surface area contributed by atoms with E-state index in [0.29, 0.717) is 18.6 Å². The molecule has 1 aliphatic heterocycles. The van der Waals surface area contributed by atoms with Crippen molar-refractivity contribution in [3.8, 4) is 5.75 Å². The fourth-order valence-corrected chi connectivity index (χ4v) is 5.11. The topological polar surface area (TPSA) is 78.9 Å². The summed E-state index contributed by atoms with van der Waals surface area (Å²) in [6.45, 7) is 4.32. The molecule has 1 saturated carbocycles. The number of rotatable bonds is 11. The molecule has 0 radical (unpaired) electrons. The highest BCUT2D eigenvalue weighted by atomic mass is 16.5. The standard InChI is InChI=1S/C29H38N2O4/c1-2-3-11-25(24-10-5-6-12-26(24)31-19-7-4-8-20-31)30-27(32)21-22-13-15-23(16-14-22)35-29(28(33)34)17-9-18-29/h5-6,10,12-16,25H,2-4,7-9,11,17-21H2,1H3,(H,30,32)(H,33,34). The van der Waals surface area contributed by atoms with Crippen molar-refractivity contribution in [2.24, 2.45) is 0 Å². The van der Waals surface area contributed by atoms with Crippen LogP contribution in [0.15, 0.2) is 48.5 Å². The molecule has 0 bridgehead atoms. The Bertz CT molecular complexity index is 994. The molecule has 2 N–H and O–H groups in total. The van der Waals surface area contributed by atoms with Gasteiger partial charge in [0.25, 0.3) is 0 Å². The molecule has 0 aromatic heterocycles. The molecular weight excluding hydrogens is 440 g/mol. The van der Waals surface area contributed by atoms with Gasteiger partial charge in [-0.05, 0) is 74.3 Å². The van der Waals surface area contributed by atoms with Crippen LogP contribution < -0.4 is 15.0 Å². The molecule has 0 spiro atoms. The molecule has 2 aliphatic rings. The molecule has 1 unspecified atom stereocenters. The molecule has 2 fully saturated rings. The molecule has 4 rings (SSSR count). The van der Waals surface area contributed by atoms with Crippen LogP contribution >= 0.6 is 0 Å². The van der Waals surface area contributed by atoms with E-state index in [2.05, 4.69) is 41.4 Å². The molecule has 1 amide bonds. The number of carboxylic acids is 1. The van der Waals surface area contributed by atoms with Crippen LogP contribution in [0.25, 0.3) is 0 Å². The van der Waals surface area contributed by atoms with Crippen molar-refractivity contribution in [1.29, 1.82) is 0 Å². The first-order valence-electron chi connectivity index (χ1n) is 13.2. The summed E-state index contributed by atoms with van der Waals surface area (Å²) in [6.07, 6.45) is 8.97. The van der Waals surface area contributed by atoms with E-state index in [4.69, 9.17) is 4.74 Å². The van der Waals surface area contributed by atoms with Crippen LogP contribution in [-0.4, -0.2) is 35.7 Å². The summed E-state index contributed by atoms with van der Waals surface area (Å²) < 4.78 is 5.79. The van der Waals surface area contributed by atoms with E-state index in [1.165, 1.54) is 30.5 Å². The largest absolute Gasteiger partial charge is 0.478 e. The molecule has 1 heterocycles. The number of hydrogen-bond donors (Lipinski definition) is 2. The van der Waals surface area contributed by atoms with Crippen LogP contribution in [-0.2, 0) is 16.0 Å². The number of anilines is 1. The number of carboxylic acid groups (broad SMARTS) is 1. The van der Waals surface area contributed by atoms with Crippen LogP contribution in [0.4, 0.5) is 5.69 Å². The van der Waals surface area contributed by atoms with Crippen LogP contribution in [0.5, 0.6) is 5.75 Å². The van der Waals surface area contributed by atoms with Crippen molar-refractivity contribution in [1.82, 2.24) is 5.32 Å². The van der Waals surface area contributed by atoms with Gasteiger partial charge in [0.1, 0.15) is 5.75 Å². The fourth-order valence-electron chi connectivity index (χ4n) is 5.11. The van der Waals surface area contributed by atoms with Crippen molar-refractivity contribution < 1.29 is 19.4 Å². The van der Waals surface area contributed by atoms with Gasteiger partial charge in [0.05, 0.1) is 12.5 Å². The number of hydrogen-bond acceptors (Lipinski definition) is 4. The van der Waals surface area contributed by atoms with E-state index < -0.39 is 11.6 Å². The number of nitrogens with one attached hydrogen (secondary N) is 1. The Labute approximate surface area is 208 Å². The van der Waals surface area contributed by atoms with Gasteiger partial charge in [-0.15, -0.1) is 0 Å². The third kappa shape index (κ3) is 6.16. The zero-order chi connectivity index (χ0) is 24.7. The summed E-state index contributed by atoms with van der Waals surface area (Å²) in [7, 11) is 0. The van der Waals surface area contributed by atoms with E-state index in [-0.39, 0.29) is 18.4 Å². The van der Waals surface area contributed by atoms with E-state index >= 15 is 0 Å². The normalized spacial score (nSPS) is 17.8. The smallest absolute Gasteiger partial charge is 0.348 e. The maximum Gasteiger partial charge on any atom is 0.348 e. The highest BCUT2D eigenvalue weighted by Crippen LogP contribution is 2.37. The minimum atomic E-state index is -1.09. The second-order valence-electron chi connectivity index (χ2n) is 9.94. The van der Waals surface area contributed by atoms with Gasteiger partial charge in [0, 0.05) is 18.8 Å². The van der Waals surface area contributed by atoms with Gasteiger partial charge in [-0.3, -0.25) is 4.79 Å². The molecule has 1 aliphatic carbocycles. The number of aliphatic carboxylic acids is 1. The van der Waals surface area contributed by atoms with Crippen LogP contribution in [0.2, 0.25) is 0 Å². The van der Waals surface area contributed by atoms with Gasteiger partial charge in [0.15, 0.2) is 0 Å². The summed E-state index contributed by atoms with van der Waals surface area (Å²) in [4.78, 5) is 27.1. The van der Waals surface area contributed by atoms with E-state index in [0.717, 1.165) is 44.3 Å². The van der Waals surface area contributed by atoms with E-state index in [1.54, 1.807) is 12.1 Å². The van der Waals surface area contributed by atoms with Crippen molar-refractivity contribution >= 4 is 17.6 Å². The predicted octanol–water partition coefficient (Wildman–Crippen LogP) is 5.65. The number of ether oxygens (including phenoxy) is 1. The maximum atomic E-state index is 13.1. The Morgan fingerprint density at radius 1 is 1.03 bits per heavy atom. The second kappa shape index (κ2) is 11.6. The van der Waals surface area contributed by atoms with Crippen molar-refractivity contribution in [2.75, 3.05) is 18.0 Å². The van der Waals surface area contributed by atoms with Crippen molar-refractivity contribution in [2.45, 2.75) is 82.8 Å². The number of piperidine rings is 1. The zero-order valence-corrected chi connectivity index (χ0v) is 20.8. The summed E-state index contributed by atoms with van der Waals surface area (Å²) in [5.41, 5.74) is 2.25. The van der Waals surface area contributed by atoms with Gasteiger partial charge in [-0.2, -0.15) is 0 Å². The highest BCUT2D eigenvalue weighted by molar-refractivity contribution is 5.80. The van der Waals surface area contributed by atoms with Gasteiger partial charge in [-0.1, -0.05) is 50.1 Å². The first kappa shape index (κ1) is 25.1. The molecule has 1 saturated heterocycles. The Morgan fingerprint density at radius 3 is 2.37 bits per heavy atom. The lowest BCUT2D eigenvalue weighted by atomic mass is 9.80. The Kier molecular flexibility index (Phi) is 8.32. The second-order valence-corrected chi connectivity index (χ2v) is 9.94. The third-order valence-corrected chi connectivity index (χ3v) is 7.34. The minimum Gasteiger partial charge on any atom is -0.478 e. The molecule has 6 nitrogen and oxygen atoms in total. The monoisotopic (exact) mass is 478 g/mol. The third-order valence-electron chi connectivity index (χ3n) is 7.34. The SMILES string of the molecule is CCCCC(NC(=O)Cc1ccc(OC2(C(=O)O)CCC2)cc1)c1ccccc1N1CCCCC1. The maximum absolute atomic E-state index is 13.1. The molecule has 1 atom stereocenters. The van der Waals surface area contributed by atoms with Crippen LogP contribution in [0.3, 0.4) is 0 Å². The van der Waals surface area contributed by atoms with Gasteiger partial charge >= 0.3 is 5.97 Å². The zero-order valence-electron chi connectivity index (χ0n) is 20.8. The Hall–Kier alpha value is -3.02. The number of amides is 1. The Balaban J connectivity index is 1.42. The van der Waals surface area contributed by atoms with Crippen molar-refractivity contribution in [3.63, 3.8) is 0 Å². The summed E-state index contributed by atoms with van der Waals surface area (Å²) in [5, 5.41) is 12.8. The number of carbonyl (C=O) groups excluding carboxylic acids is 1. The average Bonchev–Trinajstić information content (AvgIpc) is 2.85. The lowest BCUT2D eigenvalue weighted by Gasteiger charge is -2.37. The summed E-state index contributed by atoms with van der Waals surface area (Å²) in [6, 6.07) is 15.7. The number of benzene rings is 2. The first-order chi connectivity index (χ1) is 17.0. The summed E-state index contributed by atoms with van der Waals surface area (Å²) >= 11 is 0.